The van der Waals surface area contributed by atoms with Gasteiger partial charge in [-0.3, -0.25) is 9.48 Å². The number of aromatic nitrogens is 5. The zero-order chi connectivity index (χ0) is 22.7. The largest absolute Gasteiger partial charge is 0.322 e. The van der Waals surface area contributed by atoms with E-state index in [4.69, 9.17) is 11.6 Å². The Labute approximate surface area is 193 Å². The van der Waals surface area contributed by atoms with Crippen LogP contribution in [0.25, 0.3) is 17.5 Å². The molecule has 3 aromatic rings. The molecule has 1 aliphatic rings. The smallest absolute Gasteiger partial charge is 0.248 e. The van der Waals surface area contributed by atoms with Crippen LogP contribution in [0.3, 0.4) is 0 Å². The van der Waals surface area contributed by atoms with Crippen LogP contribution >= 0.6 is 11.6 Å². The Morgan fingerprint density at radius 2 is 2.09 bits per heavy atom. The molecule has 1 amide bonds. The summed E-state index contributed by atoms with van der Waals surface area (Å²) < 4.78 is 3.98. The molecule has 0 radical (unpaired) electrons. The normalized spacial score (nSPS) is 14.0. The quantitative estimate of drug-likeness (QED) is 0.525. The molecule has 0 atom stereocenters. The van der Waals surface area contributed by atoms with Crippen molar-refractivity contribution in [3.8, 4) is 11.4 Å². The van der Waals surface area contributed by atoms with Crippen molar-refractivity contribution < 1.29 is 4.79 Å². The van der Waals surface area contributed by atoms with Crippen molar-refractivity contribution in [2.75, 3.05) is 5.32 Å². The van der Waals surface area contributed by atoms with E-state index < -0.39 is 0 Å². The molecule has 0 fully saturated rings. The molecule has 1 aliphatic heterocycles. The molecule has 2 aromatic heterocycles. The summed E-state index contributed by atoms with van der Waals surface area (Å²) in [6, 6.07) is 7.73. The van der Waals surface area contributed by atoms with Gasteiger partial charge in [0.2, 0.25) is 5.91 Å². The van der Waals surface area contributed by atoms with Gasteiger partial charge in [-0.15, -0.1) is 10.2 Å². The highest BCUT2D eigenvalue weighted by Gasteiger charge is 2.16. The van der Waals surface area contributed by atoms with Gasteiger partial charge in [0, 0.05) is 42.4 Å². The minimum absolute atomic E-state index is 0.228. The average Bonchev–Trinajstić information content (AvgIpc) is 3.16. The molecular weight excluding hydrogens is 424 g/mol. The maximum Gasteiger partial charge on any atom is 0.248 e. The van der Waals surface area contributed by atoms with E-state index in [0.717, 1.165) is 60.8 Å². The van der Waals surface area contributed by atoms with Crippen molar-refractivity contribution in [1.82, 2.24) is 24.5 Å². The first-order valence-electron chi connectivity index (χ1n) is 11.2. The summed E-state index contributed by atoms with van der Waals surface area (Å²) in [6.45, 7) is 7.79. The fourth-order valence-corrected chi connectivity index (χ4v) is 4.31. The third-order valence-corrected chi connectivity index (χ3v) is 5.95. The number of amides is 1. The van der Waals surface area contributed by atoms with E-state index in [2.05, 4.69) is 39.0 Å². The van der Waals surface area contributed by atoms with Gasteiger partial charge in [-0.25, -0.2) is 0 Å². The lowest BCUT2D eigenvalue weighted by Gasteiger charge is -2.09. The van der Waals surface area contributed by atoms with Gasteiger partial charge in [0.05, 0.1) is 5.69 Å². The zero-order valence-corrected chi connectivity index (χ0v) is 19.6. The van der Waals surface area contributed by atoms with Crippen LogP contribution in [0, 0.1) is 12.8 Å². The van der Waals surface area contributed by atoms with Gasteiger partial charge in [-0.1, -0.05) is 44.0 Å². The van der Waals surface area contributed by atoms with Gasteiger partial charge in [-0.05, 0) is 43.9 Å². The molecule has 0 saturated heterocycles. The lowest BCUT2D eigenvalue weighted by Crippen LogP contribution is -2.08. The molecule has 4 rings (SSSR count). The predicted octanol–water partition coefficient (Wildman–Crippen LogP) is 5.14. The average molecular weight is 453 g/mol. The van der Waals surface area contributed by atoms with Gasteiger partial charge in [0.15, 0.2) is 5.82 Å². The first-order valence-corrected chi connectivity index (χ1v) is 11.5. The highest BCUT2D eigenvalue weighted by Crippen LogP contribution is 2.25. The van der Waals surface area contributed by atoms with Crippen LogP contribution < -0.4 is 5.32 Å². The fourth-order valence-electron chi connectivity index (χ4n) is 4.00. The Morgan fingerprint density at radius 3 is 2.91 bits per heavy atom. The van der Waals surface area contributed by atoms with Crippen LogP contribution in [0.5, 0.6) is 0 Å². The molecular formula is C24H29ClN6O. The summed E-state index contributed by atoms with van der Waals surface area (Å²) in [5.41, 5.74) is 3.22. The summed E-state index contributed by atoms with van der Waals surface area (Å²) in [5.74, 6) is 2.10. The van der Waals surface area contributed by atoms with Crippen molar-refractivity contribution >= 4 is 29.3 Å². The highest BCUT2D eigenvalue weighted by molar-refractivity contribution is 6.31. The third-order valence-electron chi connectivity index (χ3n) is 5.55. The Kier molecular flexibility index (Phi) is 6.74. The van der Waals surface area contributed by atoms with Crippen LogP contribution in [0.2, 0.25) is 5.15 Å². The summed E-state index contributed by atoms with van der Waals surface area (Å²) in [5, 5.41) is 16.8. The molecule has 3 heterocycles. The number of halogens is 1. The van der Waals surface area contributed by atoms with Crippen LogP contribution in [0.15, 0.2) is 30.3 Å². The Bertz CT molecular complexity index is 1140. The van der Waals surface area contributed by atoms with Crippen LogP contribution in [0.1, 0.15) is 50.2 Å². The monoisotopic (exact) mass is 452 g/mol. The van der Waals surface area contributed by atoms with Gasteiger partial charge < -0.3 is 9.88 Å². The number of rotatable bonds is 6. The van der Waals surface area contributed by atoms with Gasteiger partial charge in [0.1, 0.15) is 11.0 Å². The second kappa shape index (κ2) is 9.69. The van der Waals surface area contributed by atoms with E-state index in [1.807, 2.05) is 31.2 Å². The second-order valence-electron chi connectivity index (χ2n) is 8.67. The number of carbonyl (C=O) groups excluding carboxylic acids is 1. The van der Waals surface area contributed by atoms with Crippen LogP contribution in [0.4, 0.5) is 5.69 Å². The second-order valence-corrected chi connectivity index (χ2v) is 9.03. The summed E-state index contributed by atoms with van der Waals surface area (Å²) in [7, 11) is 0. The number of aryl methyl sites for hydroxylation is 2. The van der Waals surface area contributed by atoms with Crippen molar-refractivity contribution in [1.29, 1.82) is 0 Å². The molecule has 0 aliphatic carbocycles. The topological polar surface area (TPSA) is 77.6 Å². The van der Waals surface area contributed by atoms with Crippen molar-refractivity contribution in [3.63, 3.8) is 0 Å². The number of hydrogen-bond acceptors (Lipinski definition) is 4. The Hall–Kier alpha value is -2.93. The number of anilines is 1. The summed E-state index contributed by atoms with van der Waals surface area (Å²) in [6.07, 6.45) is 7.68. The molecule has 7 nitrogen and oxygen atoms in total. The molecule has 168 valence electrons. The molecule has 1 aromatic carbocycles. The fraction of sp³-hybridized carbons (Fsp3) is 0.417. The highest BCUT2D eigenvalue weighted by atomic mass is 35.5. The van der Waals surface area contributed by atoms with Crippen molar-refractivity contribution in [2.24, 2.45) is 5.92 Å². The van der Waals surface area contributed by atoms with E-state index in [1.54, 1.807) is 10.8 Å². The maximum atomic E-state index is 12.6. The third kappa shape index (κ3) is 4.93. The van der Waals surface area contributed by atoms with Crippen molar-refractivity contribution in [2.45, 2.75) is 59.5 Å². The summed E-state index contributed by atoms with van der Waals surface area (Å²) in [4.78, 5) is 12.6. The molecule has 0 saturated carbocycles. The van der Waals surface area contributed by atoms with E-state index in [1.165, 1.54) is 12.5 Å². The van der Waals surface area contributed by atoms with Gasteiger partial charge >= 0.3 is 0 Å². The molecule has 8 heteroatoms. The van der Waals surface area contributed by atoms with Crippen LogP contribution in [-0.4, -0.2) is 30.5 Å². The van der Waals surface area contributed by atoms with E-state index in [0.29, 0.717) is 16.8 Å². The predicted molar refractivity (Wildman–Crippen MR) is 127 cm³/mol. The van der Waals surface area contributed by atoms with Gasteiger partial charge in [-0.2, -0.15) is 5.10 Å². The number of nitrogens with one attached hydrogen (secondary N) is 1. The SMILES string of the molecule is Cc1nn(CC(C)C)c(Cl)c1/C=C/C(=O)Nc1cccc(-c2nnc3n2CCCCC3)c1. The van der Waals surface area contributed by atoms with Gasteiger partial charge in [0.25, 0.3) is 0 Å². The Morgan fingerprint density at radius 1 is 1.25 bits per heavy atom. The Balaban J connectivity index is 1.48. The molecule has 0 unspecified atom stereocenters. The lowest BCUT2D eigenvalue weighted by molar-refractivity contribution is -0.111. The zero-order valence-electron chi connectivity index (χ0n) is 18.8. The number of hydrogen-bond donors (Lipinski definition) is 1. The number of nitrogens with zero attached hydrogens (tertiary/aromatic N) is 5. The number of fused-ring (bicyclic) bond motifs is 1. The summed E-state index contributed by atoms with van der Waals surface area (Å²) >= 11 is 6.47. The van der Waals surface area contributed by atoms with E-state index in [-0.39, 0.29) is 5.91 Å². The minimum Gasteiger partial charge on any atom is -0.322 e. The minimum atomic E-state index is -0.228. The lowest BCUT2D eigenvalue weighted by atomic mass is 10.2. The first-order chi connectivity index (χ1) is 15.4. The first kappa shape index (κ1) is 22.3. The van der Waals surface area contributed by atoms with E-state index in [9.17, 15) is 4.79 Å². The maximum absolute atomic E-state index is 12.6. The molecule has 0 bridgehead atoms. The number of benzene rings is 1. The van der Waals surface area contributed by atoms with Crippen LogP contribution in [-0.2, 0) is 24.3 Å². The standard InChI is InChI=1S/C24H29ClN6O/c1-16(2)15-31-23(25)20(17(3)29-31)11-12-22(32)26-19-9-7-8-18(14-19)24-28-27-21-10-5-4-6-13-30(21)24/h7-9,11-12,14,16H,4-6,10,13,15H2,1-3H3,(H,26,32)/b12-11+. The molecule has 1 N–H and O–H groups in total. The van der Waals surface area contributed by atoms with Crippen molar-refractivity contribution in [3.05, 3.63) is 52.6 Å². The molecule has 32 heavy (non-hydrogen) atoms. The molecule has 0 spiro atoms. The van der Waals surface area contributed by atoms with E-state index >= 15 is 0 Å². The number of carbonyl (C=O) groups is 1.